The van der Waals surface area contributed by atoms with Crippen molar-refractivity contribution in [2.24, 2.45) is 5.41 Å². The summed E-state index contributed by atoms with van der Waals surface area (Å²) in [6, 6.07) is 0. The SMILES string of the molecule is CCCCC(CC)(CO)CCCO. The highest BCUT2D eigenvalue weighted by Crippen LogP contribution is 2.33. The Labute approximate surface area is 82.0 Å². The molecule has 0 radical (unpaired) electrons. The summed E-state index contributed by atoms with van der Waals surface area (Å²) < 4.78 is 0. The summed E-state index contributed by atoms with van der Waals surface area (Å²) in [4.78, 5) is 0. The minimum Gasteiger partial charge on any atom is -0.396 e. The van der Waals surface area contributed by atoms with Gasteiger partial charge in [0.05, 0.1) is 0 Å². The molecule has 13 heavy (non-hydrogen) atoms. The molecule has 0 aliphatic rings. The predicted octanol–water partition coefficient (Wildman–Crippen LogP) is 2.34. The topological polar surface area (TPSA) is 40.5 Å². The smallest absolute Gasteiger partial charge is 0.0487 e. The standard InChI is InChI=1S/C11H24O2/c1-3-5-7-11(4-2,10-13)8-6-9-12/h12-13H,3-10H2,1-2H3. The molecular formula is C11H24O2. The van der Waals surface area contributed by atoms with Crippen LogP contribution in [-0.2, 0) is 0 Å². The summed E-state index contributed by atoms with van der Waals surface area (Å²) in [7, 11) is 0. The van der Waals surface area contributed by atoms with Crippen molar-refractivity contribution in [2.45, 2.75) is 52.4 Å². The molecular weight excluding hydrogens is 164 g/mol. The largest absolute Gasteiger partial charge is 0.396 e. The van der Waals surface area contributed by atoms with Crippen LogP contribution in [-0.4, -0.2) is 23.4 Å². The molecule has 0 spiro atoms. The van der Waals surface area contributed by atoms with Crippen molar-refractivity contribution in [1.29, 1.82) is 0 Å². The molecule has 0 aliphatic carbocycles. The Morgan fingerprint density at radius 3 is 2.00 bits per heavy atom. The van der Waals surface area contributed by atoms with Gasteiger partial charge in [0.15, 0.2) is 0 Å². The second-order valence-corrected chi connectivity index (χ2v) is 3.94. The number of aliphatic hydroxyl groups is 2. The van der Waals surface area contributed by atoms with E-state index in [9.17, 15) is 5.11 Å². The van der Waals surface area contributed by atoms with Crippen LogP contribution in [0.1, 0.15) is 52.4 Å². The first-order valence-electron chi connectivity index (χ1n) is 5.46. The van der Waals surface area contributed by atoms with Gasteiger partial charge in [-0.05, 0) is 31.1 Å². The van der Waals surface area contributed by atoms with Crippen molar-refractivity contribution >= 4 is 0 Å². The van der Waals surface area contributed by atoms with E-state index in [0.29, 0.717) is 0 Å². The van der Waals surface area contributed by atoms with Crippen LogP contribution < -0.4 is 0 Å². The quantitative estimate of drug-likeness (QED) is 0.614. The molecule has 0 saturated carbocycles. The van der Waals surface area contributed by atoms with Gasteiger partial charge in [0, 0.05) is 13.2 Å². The zero-order valence-electron chi connectivity index (χ0n) is 9.05. The Balaban J connectivity index is 3.97. The lowest BCUT2D eigenvalue weighted by Gasteiger charge is -2.30. The minimum absolute atomic E-state index is 0.0821. The van der Waals surface area contributed by atoms with E-state index in [4.69, 9.17) is 5.11 Å². The number of hydrogen-bond acceptors (Lipinski definition) is 2. The summed E-state index contributed by atoms with van der Waals surface area (Å²) in [5.74, 6) is 0. The first-order chi connectivity index (χ1) is 6.24. The molecule has 0 aromatic carbocycles. The van der Waals surface area contributed by atoms with Crippen molar-refractivity contribution in [2.75, 3.05) is 13.2 Å². The summed E-state index contributed by atoms with van der Waals surface area (Å²) in [5.41, 5.74) is 0.0821. The molecule has 2 heteroatoms. The molecule has 2 nitrogen and oxygen atoms in total. The molecule has 1 atom stereocenters. The van der Waals surface area contributed by atoms with Gasteiger partial charge in [-0.1, -0.05) is 26.7 Å². The fourth-order valence-corrected chi connectivity index (χ4v) is 1.75. The average molecular weight is 188 g/mol. The van der Waals surface area contributed by atoms with E-state index in [0.717, 1.165) is 25.7 Å². The lowest BCUT2D eigenvalue weighted by Crippen LogP contribution is -2.25. The molecule has 0 aromatic rings. The van der Waals surface area contributed by atoms with E-state index >= 15 is 0 Å². The van der Waals surface area contributed by atoms with Gasteiger partial charge in [0.25, 0.3) is 0 Å². The maximum atomic E-state index is 9.35. The lowest BCUT2D eigenvalue weighted by molar-refractivity contribution is 0.0886. The Morgan fingerprint density at radius 2 is 1.62 bits per heavy atom. The van der Waals surface area contributed by atoms with E-state index in [1.54, 1.807) is 0 Å². The summed E-state index contributed by atoms with van der Waals surface area (Å²) in [6.07, 6.45) is 6.25. The van der Waals surface area contributed by atoms with Crippen LogP contribution in [0.25, 0.3) is 0 Å². The van der Waals surface area contributed by atoms with E-state index < -0.39 is 0 Å². The highest BCUT2D eigenvalue weighted by Gasteiger charge is 2.25. The van der Waals surface area contributed by atoms with Gasteiger partial charge in [-0.15, -0.1) is 0 Å². The molecule has 0 saturated heterocycles. The van der Waals surface area contributed by atoms with Crippen molar-refractivity contribution < 1.29 is 10.2 Å². The van der Waals surface area contributed by atoms with E-state index in [1.165, 1.54) is 12.8 Å². The summed E-state index contributed by atoms with van der Waals surface area (Å²) in [6.45, 7) is 4.81. The number of rotatable bonds is 8. The second kappa shape index (κ2) is 7.34. The molecule has 1 unspecified atom stereocenters. The molecule has 0 heterocycles. The monoisotopic (exact) mass is 188 g/mol. The Morgan fingerprint density at radius 1 is 1.00 bits per heavy atom. The van der Waals surface area contributed by atoms with Crippen LogP contribution >= 0.6 is 0 Å². The van der Waals surface area contributed by atoms with Gasteiger partial charge in [-0.3, -0.25) is 0 Å². The van der Waals surface area contributed by atoms with Crippen LogP contribution in [0.5, 0.6) is 0 Å². The molecule has 80 valence electrons. The lowest BCUT2D eigenvalue weighted by atomic mass is 9.77. The van der Waals surface area contributed by atoms with Crippen LogP contribution in [0.2, 0.25) is 0 Å². The first kappa shape index (κ1) is 12.9. The van der Waals surface area contributed by atoms with Crippen LogP contribution in [0.15, 0.2) is 0 Å². The Hall–Kier alpha value is -0.0800. The van der Waals surface area contributed by atoms with E-state index in [1.807, 2.05) is 0 Å². The van der Waals surface area contributed by atoms with Crippen molar-refractivity contribution in [3.8, 4) is 0 Å². The normalized spacial score (nSPS) is 15.7. The third-order valence-electron chi connectivity index (χ3n) is 3.01. The van der Waals surface area contributed by atoms with Crippen LogP contribution in [0.4, 0.5) is 0 Å². The van der Waals surface area contributed by atoms with Crippen molar-refractivity contribution in [3.05, 3.63) is 0 Å². The van der Waals surface area contributed by atoms with Crippen LogP contribution in [0.3, 0.4) is 0 Å². The molecule has 0 amide bonds. The van der Waals surface area contributed by atoms with E-state index in [-0.39, 0.29) is 18.6 Å². The Bertz CT molecular complexity index is 98.7. The molecule has 0 bridgehead atoms. The van der Waals surface area contributed by atoms with Crippen molar-refractivity contribution in [3.63, 3.8) is 0 Å². The molecule has 0 fully saturated rings. The summed E-state index contributed by atoms with van der Waals surface area (Å²) >= 11 is 0. The summed E-state index contributed by atoms with van der Waals surface area (Å²) in [5, 5.41) is 18.1. The van der Waals surface area contributed by atoms with Gasteiger partial charge in [-0.2, -0.15) is 0 Å². The van der Waals surface area contributed by atoms with Crippen molar-refractivity contribution in [1.82, 2.24) is 0 Å². The van der Waals surface area contributed by atoms with Gasteiger partial charge in [0.2, 0.25) is 0 Å². The third-order valence-corrected chi connectivity index (χ3v) is 3.01. The fraction of sp³-hybridized carbons (Fsp3) is 1.00. The number of aliphatic hydroxyl groups excluding tert-OH is 2. The van der Waals surface area contributed by atoms with Crippen LogP contribution in [0, 0.1) is 5.41 Å². The highest BCUT2D eigenvalue weighted by molar-refractivity contribution is 4.76. The van der Waals surface area contributed by atoms with Gasteiger partial charge >= 0.3 is 0 Å². The highest BCUT2D eigenvalue weighted by atomic mass is 16.3. The molecule has 0 aromatic heterocycles. The van der Waals surface area contributed by atoms with E-state index in [2.05, 4.69) is 13.8 Å². The third kappa shape index (κ3) is 4.63. The average Bonchev–Trinajstić information content (AvgIpc) is 2.20. The zero-order valence-corrected chi connectivity index (χ0v) is 9.05. The maximum absolute atomic E-state index is 9.35. The maximum Gasteiger partial charge on any atom is 0.0487 e. The number of hydrogen-bond donors (Lipinski definition) is 2. The van der Waals surface area contributed by atoms with Gasteiger partial charge in [-0.25, -0.2) is 0 Å². The number of unbranched alkanes of at least 4 members (excludes halogenated alkanes) is 1. The predicted molar refractivity (Wildman–Crippen MR) is 55.7 cm³/mol. The second-order valence-electron chi connectivity index (χ2n) is 3.94. The molecule has 2 N–H and O–H groups in total. The minimum atomic E-state index is 0.0821. The fourth-order valence-electron chi connectivity index (χ4n) is 1.75. The molecule has 0 aliphatic heterocycles. The van der Waals surface area contributed by atoms with Gasteiger partial charge < -0.3 is 10.2 Å². The van der Waals surface area contributed by atoms with Gasteiger partial charge in [0.1, 0.15) is 0 Å². The Kier molecular flexibility index (Phi) is 7.29. The first-order valence-corrected chi connectivity index (χ1v) is 5.46. The zero-order chi connectivity index (χ0) is 10.2. The molecule has 0 rings (SSSR count).